The maximum Gasteiger partial charge on any atom is 0.282 e. The van der Waals surface area contributed by atoms with Crippen LogP contribution in [0.15, 0.2) is 23.1 Å². The Morgan fingerprint density at radius 2 is 2.14 bits per heavy atom. The molecule has 0 amide bonds. The minimum Gasteiger partial charge on any atom is -0.297 e. The van der Waals surface area contributed by atoms with Crippen molar-refractivity contribution in [2.24, 2.45) is 0 Å². The van der Waals surface area contributed by atoms with Crippen LogP contribution in [-0.4, -0.2) is 52.3 Å². The fourth-order valence-corrected chi connectivity index (χ4v) is 4.12. The lowest BCUT2D eigenvalue weighted by Crippen LogP contribution is -2.45. The molecule has 0 spiro atoms. The third-order valence-electron chi connectivity index (χ3n) is 3.95. The lowest BCUT2D eigenvalue weighted by atomic mass is 10.0. The summed E-state index contributed by atoms with van der Waals surface area (Å²) < 4.78 is 29.0. The molecule has 1 saturated heterocycles. The normalized spacial score (nSPS) is 20.8. The molecule has 3 heterocycles. The van der Waals surface area contributed by atoms with Crippen LogP contribution in [0.2, 0.25) is 0 Å². The summed E-state index contributed by atoms with van der Waals surface area (Å²) in [4.78, 5) is 16.6. The maximum atomic E-state index is 12.5. The van der Waals surface area contributed by atoms with Crippen LogP contribution < -0.4 is 5.56 Å². The highest BCUT2D eigenvalue weighted by molar-refractivity contribution is 7.86. The molecule has 1 atom stereocenters. The fraction of sp³-hybridized carbons (Fsp3) is 0.538. The average molecular weight is 325 g/mol. The van der Waals surface area contributed by atoms with Crippen molar-refractivity contribution in [3.05, 3.63) is 34.4 Å². The molecule has 0 aromatic carbocycles. The summed E-state index contributed by atoms with van der Waals surface area (Å²) >= 11 is 0. The number of piperidine rings is 1. The zero-order valence-electron chi connectivity index (χ0n) is 12.6. The molecule has 3 rings (SSSR count). The van der Waals surface area contributed by atoms with E-state index in [0.29, 0.717) is 24.3 Å². The van der Waals surface area contributed by atoms with Crippen LogP contribution in [0.1, 0.15) is 31.0 Å². The Bertz CT molecular complexity index is 839. The second-order valence-corrected chi connectivity index (χ2v) is 7.68. The van der Waals surface area contributed by atoms with Crippen molar-refractivity contribution in [3.63, 3.8) is 0 Å². The number of H-pyrrole nitrogens is 1. The van der Waals surface area contributed by atoms with E-state index in [1.807, 2.05) is 0 Å². The predicted octanol–water partition coefficient (Wildman–Crippen LogP) is 0.356. The van der Waals surface area contributed by atoms with Gasteiger partial charge in [-0.15, -0.1) is 0 Å². The van der Waals surface area contributed by atoms with Gasteiger partial charge in [-0.3, -0.25) is 9.89 Å². The predicted molar refractivity (Wildman–Crippen MR) is 81.7 cm³/mol. The lowest BCUT2D eigenvalue weighted by molar-refractivity contribution is 0.238. The quantitative estimate of drug-likeness (QED) is 0.882. The van der Waals surface area contributed by atoms with Gasteiger partial charge in [-0.25, -0.2) is 9.50 Å². The number of aromatic amines is 1. The Hall–Kier alpha value is -1.71. The van der Waals surface area contributed by atoms with Crippen LogP contribution in [0, 0.1) is 0 Å². The van der Waals surface area contributed by atoms with Gasteiger partial charge in [0.15, 0.2) is 5.65 Å². The summed E-state index contributed by atoms with van der Waals surface area (Å²) in [5, 5.41) is 2.78. The molecule has 9 heteroatoms. The molecule has 1 fully saturated rings. The molecular formula is C13H19N5O3S. The molecule has 2 aromatic heterocycles. The number of aromatic nitrogens is 3. The summed E-state index contributed by atoms with van der Waals surface area (Å²) in [6, 6.07) is 2.71. The van der Waals surface area contributed by atoms with Gasteiger partial charge < -0.3 is 0 Å². The van der Waals surface area contributed by atoms with Gasteiger partial charge in [-0.1, -0.05) is 6.42 Å². The standard InChI is InChI=1S/C13H19N5O3S/c1-16(2)22(20,21)17-8-4-3-5-11(17)10-9-13(19)18-12(15-10)6-7-14-18/h6-7,9,11,14H,3-5,8H2,1-2H3/t11-/m1/s1. The molecule has 0 unspecified atom stereocenters. The van der Waals surface area contributed by atoms with Gasteiger partial charge in [0.25, 0.3) is 15.8 Å². The molecule has 22 heavy (non-hydrogen) atoms. The molecular weight excluding hydrogens is 306 g/mol. The SMILES string of the molecule is CN(C)S(=O)(=O)N1CCCC[C@@H]1c1cc(=O)n2[nH]ccc2n1. The Kier molecular flexibility index (Phi) is 3.79. The van der Waals surface area contributed by atoms with Crippen LogP contribution in [0.25, 0.3) is 5.65 Å². The minimum absolute atomic E-state index is 0.238. The number of hydrogen-bond acceptors (Lipinski definition) is 4. The van der Waals surface area contributed by atoms with Crippen LogP contribution >= 0.6 is 0 Å². The maximum absolute atomic E-state index is 12.5. The van der Waals surface area contributed by atoms with Crippen LogP contribution in [0.5, 0.6) is 0 Å². The van der Waals surface area contributed by atoms with Gasteiger partial charge in [0.05, 0.1) is 11.7 Å². The smallest absolute Gasteiger partial charge is 0.282 e. The zero-order valence-corrected chi connectivity index (χ0v) is 13.4. The zero-order chi connectivity index (χ0) is 15.9. The summed E-state index contributed by atoms with van der Waals surface area (Å²) in [6.07, 6.45) is 4.02. The summed E-state index contributed by atoms with van der Waals surface area (Å²) in [5.41, 5.74) is 0.766. The molecule has 8 nitrogen and oxygen atoms in total. The van der Waals surface area contributed by atoms with Gasteiger partial charge in [-0.2, -0.15) is 17.0 Å². The number of nitrogens with one attached hydrogen (secondary N) is 1. The summed E-state index contributed by atoms with van der Waals surface area (Å²) in [6.45, 7) is 0.444. The highest BCUT2D eigenvalue weighted by atomic mass is 32.2. The van der Waals surface area contributed by atoms with Crippen molar-refractivity contribution in [2.75, 3.05) is 20.6 Å². The topological polar surface area (TPSA) is 90.8 Å². The Morgan fingerprint density at radius 3 is 2.86 bits per heavy atom. The minimum atomic E-state index is -3.54. The monoisotopic (exact) mass is 325 g/mol. The number of fused-ring (bicyclic) bond motifs is 1. The first-order valence-electron chi connectivity index (χ1n) is 7.17. The van der Waals surface area contributed by atoms with Crippen LogP contribution in [0.3, 0.4) is 0 Å². The molecule has 1 N–H and O–H groups in total. The van der Waals surface area contributed by atoms with Gasteiger partial charge >= 0.3 is 0 Å². The van der Waals surface area contributed by atoms with Crippen molar-refractivity contribution in [2.45, 2.75) is 25.3 Å². The molecule has 0 aliphatic carbocycles. The van der Waals surface area contributed by atoms with E-state index in [2.05, 4.69) is 10.1 Å². The van der Waals surface area contributed by atoms with E-state index in [9.17, 15) is 13.2 Å². The largest absolute Gasteiger partial charge is 0.297 e. The molecule has 1 aliphatic rings. The Morgan fingerprint density at radius 1 is 1.36 bits per heavy atom. The first kappa shape index (κ1) is 15.2. The molecule has 2 aromatic rings. The van der Waals surface area contributed by atoms with Crippen LogP contribution in [0.4, 0.5) is 0 Å². The van der Waals surface area contributed by atoms with Crippen molar-refractivity contribution in [3.8, 4) is 0 Å². The van der Waals surface area contributed by atoms with Gasteiger partial charge in [0.2, 0.25) is 0 Å². The average Bonchev–Trinajstić information content (AvgIpc) is 2.96. The van der Waals surface area contributed by atoms with E-state index >= 15 is 0 Å². The first-order valence-corrected chi connectivity index (χ1v) is 8.57. The molecule has 0 radical (unpaired) electrons. The first-order chi connectivity index (χ1) is 10.4. The third-order valence-corrected chi connectivity index (χ3v) is 5.91. The van der Waals surface area contributed by atoms with Gasteiger partial charge in [-0.05, 0) is 12.8 Å². The molecule has 0 bridgehead atoms. The van der Waals surface area contributed by atoms with E-state index in [-0.39, 0.29) is 5.56 Å². The van der Waals surface area contributed by atoms with Crippen LogP contribution in [-0.2, 0) is 10.2 Å². The van der Waals surface area contributed by atoms with Crippen molar-refractivity contribution >= 4 is 15.9 Å². The highest BCUT2D eigenvalue weighted by Gasteiger charge is 2.35. The van der Waals surface area contributed by atoms with Crippen molar-refractivity contribution in [1.82, 2.24) is 23.2 Å². The van der Waals surface area contributed by atoms with Crippen molar-refractivity contribution in [1.29, 1.82) is 0 Å². The van der Waals surface area contributed by atoms with E-state index in [1.54, 1.807) is 12.3 Å². The Labute approximate surface area is 128 Å². The molecule has 0 saturated carbocycles. The van der Waals surface area contributed by atoms with E-state index in [0.717, 1.165) is 12.8 Å². The third kappa shape index (κ3) is 2.44. The van der Waals surface area contributed by atoms with E-state index < -0.39 is 16.3 Å². The van der Waals surface area contributed by atoms with E-state index in [4.69, 9.17) is 0 Å². The number of hydrogen-bond donors (Lipinski definition) is 1. The fourth-order valence-electron chi connectivity index (χ4n) is 2.80. The summed E-state index contributed by atoms with van der Waals surface area (Å²) in [5.74, 6) is 0. The van der Waals surface area contributed by atoms with E-state index in [1.165, 1.54) is 33.3 Å². The van der Waals surface area contributed by atoms with Crippen molar-refractivity contribution < 1.29 is 8.42 Å². The second-order valence-electron chi connectivity index (χ2n) is 5.59. The lowest BCUT2D eigenvalue weighted by Gasteiger charge is -2.35. The Balaban J connectivity index is 2.08. The summed E-state index contributed by atoms with van der Waals surface area (Å²) in [7, 11) is -0.515. The molecule has 1 aliphatic heterocycles. The second kappa shape index (κ2) is 5.49. The highest BCUT2D eigenvalue weighted by Crippen LogP contribution is 2.32. The molecule has 120 valence electrons. The van der Waals surface area contributed by atoms with Gasteiger partial charge in [0.1, 0.15) is 0 Å². The van der Waals surface area contributed by atoms with Gasteiger partial charge in [0, 0.05) is 39.0 Å². The number of nitrogens with zero attached hydrogens (tertiary/aromatic N) is 4. The number of rotatable bonds is 3.